The lowest BCUT2D eigenvalue weighted by Crippen LogP contribution is -2.28. The molecule has 0 aliphatic heterocycles. The number of benzene rings is 1. The Morgan fingerprint density at radius 3 is 2.69 bits per heavy atom. The van der Waals surface area contributed by atoms with Crippen LogP contribution in [-0.2, 0) is 6.54 Å². The second kappa shape index (κ2) is 6.51. The summed E-state index contributed by atoms with van der Waals surface area (Å²) in [5.74, 6) is 0.988. The molecule has 1 aromatic rings. The first-order valence-corrected chi connectivity index (χ1v) is 5.72. The fraction of sp³-hybridized carbons (Fsp3) is 0.538. The van der Waals surface area contributed by atoms with Crippen LogP contribution in [0.15, 0.2) is 18.2 Å². The molecule has 90 valence electrons. The van der Waals surface area contributed by atoms with E-state index in [-0.39, 0.29) is 0 Å². The summed E-state index contributed by atoms with van der Waals surface area (Å²) in [5, 5.41) is 3.14. The Bertz CT molecular complexity index is 326. The Morgan fingerprint density at radius 2 is 2.12 bits per heavy atom. The van der Waals surface area contributed by atoms with Crippen LogP contribution in [-0.4, -0.2) is 32.3 Å². The van der Waals surface area contributed by atoms with Gasteiger partial charge in [-0.2, -0.15) is 0 Å². The summed E-state index contributed by atoms with van der Waals surface area (Å²) < 4.78 is 5.52. The lowest BCUT2D eigenvalue weighted by atomic mass is 10.1. The molecule has 0 aliphatic carbocycles. The van der Waals surface area contributed by atoms with Crippen LogP contribution >= 0.6 is 0 Å². The van der Waals surface area contributed by atoms with Gasteiger partial charge in [0, 0.05) is 13.2 Å². The summed E-state index contributed by atoms with van der Waals surface area (Å²) in [7, 11) is 4.06. The first-order valence-electron chi connectivity index (χ1n) is 5.72. The Hall–Kier alpha value is -1.06. The Labute approximate surface area is 98.4 Å². The quantitative estimate of drug-likeness (QED) is 0.745. The molecule has 0 heterocycles. The van der Waals surface area contributed by atoms with Gasteiger partial charge in [-0.05, 0) is 45.1 Å². The molecule has 0 aliphatic rings. The number of hydrogen-bond donors (Lipinski definition) is 1. The van der Waals surface area contributed by atoms with Gasteiger partial charge in [0.05, 0.1) is 6.61 Å². The second-order valence-corrected chi connectivity index (χ2v) is 4.06. The molecule has 1 N–H and O–H groups in total. The number of nitrogens with one attached hydrogen (secondary N) is 1. The SMILES string of the molecule is CCOc1ccc(CN(C)CNC)cc1C. The Balaban J connectivity index is 2.65. The van der Waals surface area contributed by atoms with E-state index in [0.29, 0.717) is 0 Å². The molecule has 3 heteroatoms. The van der Waals surface area contributed by atoms with Gasteiger partial charge in [-0.15, -0.1) is 0 Å². The van der Waals surface area contributed by atoms with E-state index >= 15 is 0 Å². The monoisotopic (exact) mass is 222 g/mol. The predicted molar refractivity (Wildman–Crippen MR) is 67.7 cm³/mol. The third-order valence-electron chi connectivity index (χ3n) is 2.42. The van der Waals surface area contributed by atoms with E-state index in [0.717, 1.165) is 25.6 Å². The molecule has 0 atom stereocenters. The topological polar surface area (TPSA) is 24.5 Å². The largest absolute Gasteiger partial charge is 0.494 e. The van der Waals surface area contributed by atoms with Crippen LogP contribution in [0.25, 0.3) is 0 Å². The van der Waals surface area contributed by atoms with Crippen LogP contribution in [0.1, 0.15) is 18.1 Å². The van der Waals surface area contributed by atoms with Gasteiger partial charge < -0.3 is 10.1 Å². The van der Waals surface area contributed by atoms with Crippen molar-refractivity contribution >= 4 is 0 Å². The van der Waals surface area contributed by atoms with Crippen LogP contribution in [0.2, 0.25) is 0 Å². The van der Waals surface area contributed by atoms with Crippen molar-refractivity contribution in [3.8, 4) is 5.75 Å². The van der Waals surface area contributed by atoms with Crippen molar-refractivity contribution in [3.05, 3.63) is 29.3 Å². The Kier molecular flexibility index (Phi) is 5.29. The van der Waals surface area contributed by atoms with Crippen LogP contribution in [0.3, 0.4) is 0 Å². The van der Waals surface area contributed by atoms with Crippen molar-refractivity contribution in [2.24, 2.45) is 0 Å². The van der Waals surface area contributed by atoms with E-state index < -0.39 is 0 Å². The molecule has 0 amide bonds. The third-order valence-corrected chi connectivity index (χ3v) is 2.42. The summed E-state index contributed by atoms with van der Waals surface area (Å²) in [6.07, 6.45) is 0. The van der Waals surface area contributed by atoms with Crippen molar-refractivity contribution in [1.29, 1.82) is 0 Å². The molecule has 1 aromatic carbocycles. The molecular formula is C13H22N2O. The van der Waals surface area contributed by atoms with Gasteiger partial charge in [-0.3, -0.25) is 4.90 Å². The normalized spacial score (nSPS) is 10.8. The van der Waals surface area contributed by atoms with E-state index in [9.17, 15) is 0 Å². The molecule has 0 unspecified atom stereocenters. The van der Waals surface area contributed by atoms with Crippen molar-refractivity contribution in [2.75, 3.05) is 27.4 Å². The fourth-order valence-electron chi connectivity index (χ4n) is 1.76. The average Bonchev–Trinajstić information content (AvgIpc) is 2.22. The predicted octanol–water partition coefficient (Wildman–Crippen LogP) is 2.00. The van der Waals surface area contributed by atoms with E-state index in [2.05, 4.69) is 42.4 Å². The smallest absolute Gasteiger partial charge is 0.122 e. The van der Waals surface area contributed by atoms with Crippen LogP contribution < -0.4 is 10.1 Å². The maximum Gasteiger partial charge on any atom is 0.122 e. The van der Waals surface area contributed by atoms with Crippen molar-refractivity contribution in [3.63, 3.8) is 0 Å². The molecule has 1 rings (SSSR count). The van der Waals surface area contributed by atoms with Crippen molar-refractivity contribution < 1.29 is 4.74 Å². The van der Waals surface area contributed by atoms with Crippen molar-refractivity contribution in [1.82, 2.24) is 10.2 Å². The number of ether oxygens (including phenoxy) is 1. The van der Waals surface area contributed by atoms with Crippen LogP contribution in [0.4, 0.5) is 0 Å². The molecule has 0 aromatic heterocycles. The lowest BCUT2D eigenvalue weighted by Gasteiger charge is -2.17. The third kappa shape index (κ3) is 3.83. The average molecular weight is 222 g/mol. The summed E-state index contributed by atoms with van der Waals surface area (Å²) in [6, 6.07) is 6.38. The molecule has 0 saturated carbocycles. The lowest BCUT2D eigenvalue weighted by molar-refractivity contribution is 0.309. The minimum Gasteiger partial charge on any atom is -0.494 e. The molecular weight excluding hydrogens is 200 g/mol. The van der Waals surface area contributed by atoms with Gasteiger partial charge in [-0.1, -0.05) is 12.1 Å². The molecule has 0 spiro atoms. The summed E-state index contributed by atoms with van der Waals surface area (Å²) in [6.45, 7) is 6.67. The highest BCUT2D eigenvalue weighted by Crippen LogP contribution is 2.19. The summed E-state index contributed by atoms with van der Waals surface area (Å²) in [5.41, 5.74) is 2.52. The van der Waals surface area contributed by atoms with E-state index in [4.69, 9.17) is 4.74 Å². The zero-order valence-corrected chi connectivity index (χ0v) is 10.7. The highest BCUT2D eigenvalue weighted by molar-refractivity contribution is 5.36. The zero-order valence-electron chi connectivity index (χ0n) is 10.7. The van der Waals surface area contributed by atoms with E-state index in [1.165, 1.54) is 11.1 Å². The van der Waals surface area contributed by atoms with Gasteiger partial charge in [-0.25, -0.2) is 0 Å². The fourth-order valence-corrected chi connectivity index (χ4v) is 1.76. The van der Waals surface area contributed by atoms with Crippen LogP contribution in [0.5, 0.6) is 5.75 Å². The number of rotatable bonds is 6. The zero-order chi connectivity index (χ0) is 12.0. The molecule has 0 fully saturated rings. The Morgan fingerprint density at radius 1 is 1.38 bits per heavy atom. The van der Waals surface area contributed by atoms with Crippen molar-refractivity contribution in [2.45, 2.75) is 20.4 Å². The summed E-state index contributed by atoms with van der Waals surface area (Å²) in [4.78, 5) is 2.23. The highest BCUT2D eigenvalue weighted by atomic mass is 16.5. The minimum absolute atomic E-state index is 0.722. The molecule has 0 bridgehead atoms. The molecule has 16 heavy (non-hydrogen) atoms. The maximum absolute atomic E-state index is 5.52. The number of hydrogen-bond acceptors (Lipinski definition) is 3. The number of nitrogens with zero attached hydrogens (tertiary/aromatic N) is 1. The van der Waals surface area contributed by atoms with E-state index in [1.807, 2.05) is 14.0 Å². The van der Waals surface area contributed by atoms with Crippen LogP contribution in [0, 0.1) is 6.92 Å². The number of aryl methyl sites for hydroxylation is 1. The van der Waals surface area contributed by atoms with Gasteiger partial charge in [0.1, 0.15) is 5.75 Å². The summed E-state index contributed by atoms with van der Waals surface area (Å²) >= 11 is 0. The standard InChI is InChI=1S/C13H22N2O/c1-5-16-13-7-6-12(8-11(13)2)9-15(4)10-14-3/h6-8,14H,5,9-10H2,1-4H3. The van der Waals surface area contributed by atoms with Gasteiger partial charge in [0.15, 0.2) is 0 Å². The van der Waals surface area contributed by atoms with Gasteiger partial charge >= 0.3 is 0 Å². The van der Waals surface area contributed by atoms with Gasteiger partial charge in [0.25, 0.3) is 0 Å². The highest BCUT2D eigenvalue weighted by Gasteiger charge is 2.03. The maximum atomic E-state index is 5.52. The first-order chi connectivity index (χ1) is 7.67. The first kappa shape index (κ1) is 13.0. The molecule has 0 saturated heterocycles. The van der Waals surface area contributed by atoms with E-state index in [1.54, 1.807) is 0 Å². The second-order valence-electron chi connectivity index (χ2n) is 4.06. The molecule has 3 nitrogen and oxygen atoms in total. The van der Waals surface area contributed by atoms with Gasteiger partial charge in [0.2, 0.25) is 0 Å². The molecule has 0 radical (unpaired) electrons. The minimum atomic E-state index is 0.722.